The molecule has 0 fully saturated rings. The van der Waals surface area contributed by atoms with Crippen LogP contribution in [0.3, 0.4) is 0 Å². The summed E-state index contributed by atoms with van der Waals surface area (Å²) in [5, 5.41) is 8.17. The smallest absolute Gasteiger partial charge is 0.225 e. The first kappa shape index (κ1) is 10.2. The molecule has 0 bridgehead atoms. The van der Waals surface area contributed by atoms with E-state index in [2.05, 4.69) is 35.3 Å². The zero-order valence-corrected chi connectivity index (χ0v) is 9.49. The van der Waals surface area contributed by atoms with Gasteiger partial charge >= 0.3 is 0 Å². The first-order valence-electron chi connectivity index (χ1n) is 4.77. The third-order valence-electron chi connectivity index (χ3n) is 2.31. The molecule has 0 amide bonds. The molecule has 0 saturated carbocycles. The minimum Gasteiger partial charge on any atom is -0.298 e. The minimum absolute atomic E-state index is 0.439. The Labute approximate surface area is 93.7 Å². The molecule has 1 heterocycles. The summed E-state index contributed by atoms with van der Waals surface area (Å²) < 4.78 is 1.89. The van der Waals surface area contributed by atoms with Crippen LogP contribution in [0.1, 0.15) is 17.0 Å². The highest BCUT2D eigenvalue weighted by Gasteiger charge is 2.06. The molecule has 1 aromatic heterocycles. The average Bonchev–Trinajstić information content (AvgIpc) is 2.50. The lowest BCUT2D eigenvalue weighted by Gasteiger charge is -2.05. The summed E-state index contributed by atoms with van der Waals surface area (Å²) in [5.74, 6) is 0.835. The number of halogens is 1. The molecule has 0 saturated heterocycles. The second-order valence-corrected chi connectivity index (χ2v) is 3.93. The molecule has 2 rings (SSSR count). The molecule has 78 valence electrons. The van der Waals surface area contributed by atoms with E-state index in [1.807, 2.05) is 17.6 Å². The van der Waals surface area contributed by atoms with Crippen LogP contribution < -0.4 is 0 Å². The Morgan fingerprint density at radius 3 is 2.67 bits per heavy atom. The van der Waals surface area contributed by atoms with Gasteiger partial charge in [-0.15, -0.1) is 10.2 Å². The monoisotopic (exact) mass is 221 g/mol. The Hall–Kier alpha value is -1.35. The lowest BCUT2D eigenvalue weighted by atomic mass is 10.1. The fourth-order valence-electron chi connectivity index (χ4n) is 1.53. The zero-order chi connectivity index (χ0) is 10.8. The van der Waals surface area contributed by atoms with Gasteiger partial charge in [0, 0.05) is 0 Å². The standard InChI is InChI=1S/C11H12ClN3/c1-8-4-3-5-10(6-8)7-15-9(2)13-14-11(15)12/h3-6H,7H2,1-2H3. The maximum absolute atomic E-state index is 5.92. The number of nitrogens with zero attached hydrogens (tertiary/aromatic N) is 3. The molecule has 1 aromatic carbocycles. The quantitative estimate of drug-likeness (QED) is 0.781. The lowest BCUT2D eigenvalue weighted by molar-refractivity contribution is 0.761. The van der Waals surface area contributed by atoms with Crippen molar-refractivity contribution in [1.82, 2.24) is 14.8 Å². The van der Waals surface area contributed by atoms with Crippen LogP contribution in [0.15, 0.2) is 24.3 Å². The summed E-state index contributed by atoms with van der Waals surface area (Å²) in [6.07, 6.45) is 0. The number of hydrogen-bond acceptors (Lipinski definition) is 2. The molecular formula is C11H12ClN3. The molecule has 2 aromatic rings. The van der Waals surface area contributed by atoms with Crippen LogP contribution in [0.5, 0.6) is 0 Å². The van der Waals surface area contributed by atoms with Crippen molar-refractivity contribution in [3.63, 3.8) is 0 Å². The van der Waals surface area contributed by atoms with E-state index in [0.29, 0.717) is 5.28 Å². The molecule has 3 nitrogen and oxygen atoms in total. The predicted molar refractivity (Wildman–Crippen MR) is 60.1 cm³/mol. The lowest BCUT2D eigenvalue weighted by Crippen LogP contribution is -2.02. The fourth-order valence-corrected chi connectivity index (χ4v) is 1.75. The van der Waals surface area contributed by atoms with Crippen molar-refractivity contribution in [3.05, 3.63) is 46.5 Å². The molecule has 0 aliphatic heterocycles. The maximum atomic E-state index is 5.92. The van der Waals surface area contributed by atoms with Gasteiger partial charge in [0.2, 0.25) is 5.28 Å². The largest absolute Gasteiger partial charge is 0.298 e. The Bertz CT molecular complexity index is 457. The highest BCUT2D eigenvalue weighted by Crippen LogP contribution is 2.12. The normalized spacial score (nSPS) is 10.6. The van der Waals surface area contributed by atoms with E-state index in [1.165, 1.54) is 11.1 Å². The van der Waals surface area contributed by atoms with E-state index in [4.69, 9.17) is 11.6 Å². The maximum Gasteiger partial charge on any atom is 0.225 e. The third-order valence-corrected chi connectivity index (χ3v) is 2.59. The van der Waals surface area contributed by atoms with E-state index in [0.717, 1.165) is 12.4 Å². The Kier molecular flexibility index (Phi) is 2.73. The summed E-state index contributed by atoms with van der Waals surface area (Å²) >= 11 is 5.92. The Balaban J connectivity index is 2.29. The first-order chi connectivity index (χ1) is 7.16. The van der Waals surface area contributed by atoms with Gasteiger partial charge in [0.05, 0.1) is 6.54 Å². The second kappa shape index (κ2) is 4.03. The molecule has 0 radical (unpaired) electrons. The van der Waals surface area contributed by atoms with Crippen molar-refractivity contribution >= 4 is 11.6 Å². The molecule has 0 N–H and O–H groups in total. The molecular weight excluding hydrogens is 210 g/mol. The summed E-state index contributed by atoms with van der Waals surface area (Å²) in [6, 6.07) is 8.32. The van der Waals surface area contributed by atoms with E-state index >= 15 is 0 Å². The Morgan fingerprint density at radius 2 is 2.07 bits per heavy atom. The Morgan fingerprint density at radius 1 is 1.27 bits per heavy atom. The average molecular weight is 222 g/mol. The van der Waals surface area contributed by atoms with Crippen molar-refractivity contribution in [3.8, 4) is 0 Å². The van der Waals surface area contributed by atoms with Crippen LogP contribution in [-0.2, 0) is 6.54 Å². The van der Waals surface area contributed by atoms with Crippen molar-refractivity contribution in [2.75, 3.05) is 0 Å². The highest BCUT2D eigenvalue weighted by atomic mass is 35.5. The van der Waals surface area contributed by atoms with Crippen molar-refractivity contribution in [2.45, 2.75) is 20.4 Å². The van der Waals surface area contributed by atoms with Gasteiger partial charge in [0.1, 0.15) is 5.82 Å². The second-order valence-electron chi connectivity index (χ2n) is 3.59. The topological polar surface area (TPSA) is 30.7 Å². The van der Waals surface area contributed by atoms with Gasteiger partial charge in [-0.25, -0.2) is 0 Å². The zero-order valence-electron chi connectivity index (χ0n) is 8.74. The van der Waals surface area contributed by atoms with E-state index in [9.17, 15) is 0 Å². The van der Waals surface area contributed by atoms with Crippen LogP contribution in [-0.4, -0.2) is 14.8 Å². The number of benzene rings is 1. The van der Waals surface area contributed by atoms with Gasteiger partial charge < -0.3 is 0 Å². The molecule has 0 atom stereocenters. The SMILES string of the molecule is Cc1cccc(Cn2c(C)nnc2Cl)c1. The van der Waals surface area contributed by atoms with E-state index < -0.39 is 0 Å². The molecule has 0 aliphatic carbocycles. The summed E-state index contributed by atoms with van der Waals surface area (Å²) in [6.45, 7) is 4.69. The van der Waals surface area contributed by atoms with Crippen molar-refractivity contribution < 1.29 is 0 Å². The third kappa shape index (κ3) is 2.18. The van der Waals surface area contributed by atoms with Gasteiger partial charge in [-0.2, -0.15) is 0 Å². The molecule has 15 heavy (non-hydrogen) atoms. The first-order valence-corrected chi connectivity index (χ1v) is 5.15. The predicted octanol–water partition coefficient (Wildman–Crippen LogP) is 2.60. The van der Waals surface area contributed by atoms with E-state index in [-0.39, 0.29) is 0 Å². The van der Waals surface area contributed by atoms with Crippen LogP contribution in [0.4, 0.5) is 0 Å². The van der Waals surface area contributed by atoms with Crippen molar-refractivity contribution in [2.24, 2.45) is 0 Å². The summed E-state index contributed by atoms with van der Waals surface area (Å²) in [5.41, 5.74) is 2.45. The van der Waals surface area contributed by atoms with Gasteiger partial charge in [0.15, 0.2) is 0 Å². The molecule has 0 spiro atoms. The number of rotatable bonds is 2. The van der Waals surface area contributed by atoms with Gasteiger partial charge in [-0.05, 0) is 31.0 Å². The molecule has 0 aliphatic rings. The van der Waals surface area contributed by atoms with Crippen molar-refractivity contribution in [1.29, 1.82) is 0 Å². The van der Waals surface area contributed by atoms with Crippen LogP contribution in [0.2, 0.25) is 5.28 Å². The van der Waals surface area contributed by atoms with Gasteiger partial charge in [-0.1, -0.05) is 29.8 Å². The van der Waals surface area contributed by atoms with E-state index in [1.54, 1.807) is 0 Å². The summed E-state index contributed by atoms with van der Waals surface area (Å²) in [4.78, 5) is 0. The molecule has 4 heteroatoms. The fraction of sp³-hybridized carbons (Fsp3) is 0.273. The van der Waals surface area contributed by atoms with Crippen LogP contribution >= 0.6 is 11.6 Å². The van der Waals surface area contributed by atoms with Crippen LogP contribution in [0, 0.1) is 13.8 Å². The van der Waals surface area contributed by atoms with Gasteiger partial charge in [-0.3, -0.25) is 4.57 Å². The minimum atomic E-state index is 0.439. The number of hydrogen-bond donors (Lipinski definition) is 0. The number of aromatic nitrogens is 3. The summed E-state index contributed by atoms with van der Waals surface area (Å²) in [7, 11) is 0. The molecule has 0 unspecified atom stereocenters. The van der Waals surface area contributed by atoms with Gasteiger partial charge in [0.25, 0.3) is 0 Å². The highest BCUT2D eigenvalue weighted by molar-refractivity contribution is 6.28. The van der Waals surface area contributed by atoms with Crippen LogP contribution in [0.25, 0.3) is 0 Å². The number of aryl methyl sites for hydroxylation is 2.